The first-order valence-electron chi connectivity index (χ1n) is 9.84. The van der Waals surface area contributed by atoms with Crippen molar-refractivity contribution in [3.8, 4) is 5.75 Å². The van der Waals surface area contributed by atoms with Gasteiger partial charge in [0.05, 0.1) is 23.4 Å². The zero-order valence-corrected chi connectivity index (χ0v) is 17.7. The molecule has 1 atom stereocenters. The number of nitrogens with zero attached hydrogens (tertiary/aromatic N) is 4. The van der Waals surface area contributed by atoms with E-state index in [4.69, 9.17) is 15.2 Å². The summed E-state index contributed by atoms with van der Waals surface area (Å²) >= 11 is 1.15. The van der Waals surface area contributed by atoms with E-state index in [0.29, 0.717) is 31.1 Å². The molecular weight excluding hydrogens is 447 g/mol. The molecule has 2 aromatic heterocycles. The molecule has 12 heteroatoms. The van der Waals surface area contributed by atoms with Crippen LogP contribution in [0.3, 0.4) is 0 Å². The molecular formula is C20H20F3N5O3S. The van der Waals surface area contributed by atoms with Crippen LogP contribution in [0, 0.1) is 0 Å². The summed E-state index contributed by atoms with van der Waals surface area (Å²) in [7, 11) is 0. The minimum absolute atomic E-state index is 0.220. The Morgan fingerprint density at radius 1 is 1.25 bits per heavy atom. The highest BCUT2D eigenvalue weighted by Crippen LogP contribution is 2.33. The SMILES string of the molecule is NC(=O)C(c1nccc(C(F)(F)F)n1)c1nc2cc(OCCN3CCOCC3)ccc2s1. The van der Waals surface area contributed by atoms with Crippen molar-refractivity contribution >= 4 is 27.5 Å². The van der Waals surface area contributed by atoms with E-state index in [1.165, 1.54) is 0 Å². The van der Waals surface area contributed by atoms with Crippen molar-refractivity contribution in [3.63, 3.8) is 0 Å². The van der Waals surface area contributed by atoms with Crippen LogP contribution in [0.4, 0.5) is 13.2 Å². The minimum Gasteiger partial charge on any atom is -0.492 e. The van der Waals surface area contributed by atoms with Gasteiger partial charge in [0.15, 0.2) is 0 Å². The number of halogens is 3. The number of benzene rings is 1. The Morgan fingerprint density at radius 3 is 2.75 bits per heavy atom. The number of morpholine rings is 1. The number of nitrogens with two attached hydrogens (primary N) is 1. The van der Waals surface area contributed by atoms with Gasteiger partial charge in [-0.15, -0.1) is 11.3 Å². The Balaban J connectivity index is 1.53. The van der Waals surface area contributed by atoms with Crippen LogP contribution in [0.5, 0.6) is 5.75 Å². The summed E-state index contributed by atoms with van der Waals surface area (Å²) in [5.41, 5.74) is 4.88. The number of rotatable bonds is 7. The number of thiazole rings is 1. The molecule has 4 rings (SSSR count). The lowest BCUT2D eigenvalue weighted by Crippen LogP contribution is -2.38. The minimum atomic E-state index is -4.67. The maximum absolute atomic E-state index is 13.0. The standard InChI is InChI=1S/C20H20F3N5O3S/c21-20(22,23)15-3-4-25-18(27-15)16(17(24)29)19-26-13-11-12(1-2-14(13)32-19)31-10-7-28-5-8-30-9-6-28/h1-4,11,16H,5-10H2,(H2,24,29). The van der Waals surface area contributed by atoms with Gasteiger partial charge in [0.1, 0.15) is 34.8 Å². The third kappa shape index (κ3) is 5.14. The molecule has 8 nitrogen and oxygen atoms in total. The molecule has 1 aliphatic rings. The first-order valence-corrected chi connectivity index (χ1v) is 10.7. The summed E-state index contributed by atoms with van der Waals surface area (Å²) in [6.07, 6.45) is -3.71. The predicted octanol–water partition coefficient (Wildman–Crippen LogP) is 2.43. The molecule has 0 bridgehead atoms. The van der Waals surface area contributed by atoms with Crippen molar-refractivity contribution in [1.29, 1.82) is 0 Å². The molecule has 1 amide bonds. The summed E-state index contributed by atoms with van der Waals surface area (Å²) in [5, 5.41) is 0.220. The molecule has 1 aromatic carbocycles. The number of alkyl halides is 3. The van der Waals surface area contributed by atoms with Crippen LogP contribution in [-0.2, 0) is 15.7 Å². The second-order valence-electron chi connectivity index (χ2n) is 7.12. The van der Waals surface area contributed by atoms with Crippen molar-refractivity contribution in [2.75, 3.05) is 39.5 Å². The van der Waals surface area contributed by atoms with E-state index in [1.807, 2.05) is 0 Å². The fraction of sp³-hybridized carbons (Fsp3) is 0.400. The number of primary amides is 1. The Bertz CT molecular complexity index is 1100. The van der Waals surface area contributed by atoms with Crippen LogP contribution in [0.1, 0.15) is 22.4 Å². The number of amides is 1. The van der Waals surface area contributed by atoms with Gasteiger partial charge >= 0.3 is 6.18 Å². The molecule has 1 unspecified atom stereocenters. The third-order valence-electron chi connectivity index (χ3n) is 4.91. The van der Waals surface area contributed by atoms with Crippen LogP contribution in [-0.4, -0.2) is 65.2 Å². The second-order valence-corrected chi connectivity index (χ2v) is 8.18. The molecule has 0 radical (unpaired) electrons. The Kier molecular flexibility index (Phi) is 6.53. The summed E-state index contributed by atoms with van der Waals surface area (Å²) in [6, 6.07) is 6.02. The number of fused-ring (bicyclic) bond motifs is 1. The fourth-order valence-corrected chi connectivity index (χ4v) is 4.34. The summed E-state index contributed by atoms with van der Waals surface area (Å²) < 4.78 is 50.9. The van der Waals surface area contributed by atoms with Gasteiger partial charge in [0, 0.05) is 31.9 Å². The molecule has 3 aromatic rings. The smallest absolute Gasteiger partial charge is 0.433 e. The molecule has 0 aliphatic carbocycles. The van der Waals surface area contributed by atoms with E-state index in [-0.39, 0.29) is 10.8 Å². The molecule has 0 spiro atoms. The van der Waals surface area contributed by atoms with Crippen LogP contribution < -0.4 is 10.5 Å². The van der Waals surface area contributed by atoms with Gasteiger partial charge in [-0.2, -0.15) is 13.2 Å². The number of carbonyl (C=O) groups excluding carboxylic acids is 1. The lowest BCUT2D eigenvalue weighted by atomic mass is 10.1. The van der Waals surface area contributed by atoms with E-state index in [1.54, 1.807) is 18.2 Å². The molecule has 1 saturated heterocycles. The van der Waals surface area contributed by atoms with E-state index < -0.39 is 23.7 Å². The number of ether oxygens (including phenoxy) is 2. The average molecular weight is 467 g/mol. The normalized spacial score (nSPS) is 16.2. The molecule has 2 N–H and O–H groups in total. The van der Waals surface area contributed by atoms with Gasteiger partial charge in [-0.05, 0) is 18.2 Å². The van der Waals surface area contributed by atoms with Crippen molar-refractivity contribution < 1.29 is 27.4 Å². The van der Waals surface area contributed by atoms with Crippen LogP contribution >= 0.6 is 11.3 Å². The van der Waals surface area contributed by atoms with Gasteiger partial charge in [-0.3, -0.25) is 9.69 Å². The van der Waals surface area contributed by atoms with Crippen molar-refractivity contribution in [3.05, 3.63) is 47.0 Å². The summed E-state index contributed by atoms with van der Waals surface area (Å²) in [6.45, 7) is 4.41. The maximum Gasteiger partial charge on any atom is 0.433 e. The molecule has 0 saturated carbocycles. The maximum atomic E-state index is 13.0. The highest BCUT2D eigenvalue weighted by atomic mass is 32.1. The topological polar surface area (TPSA) is 103 Å². The predicted molar refractivity (Wildman–Crippen MR) is 110 cm³/mol. The average Bonchev–Trinajstić information content (AvgIpc) is 3.16. The zero-order chi connectivity index (χ0) is 22.7. The van der Waals surface area contributed by atoms with Gasteiger partial charge in [0.2, 0.25) is 5.91 Å². The first-order chi connectivity index (χ1) is 15.3. The van der Waals surface area contributed by atoms with Gasteiger partial charge in [-0.25, -0.2) is 15.0 Å². The van der Waals surface area contributed by atoms with E-state index in [2.05, 4.69) is 19.9 Å². The van der Waals surface area contributed by atoms with E-state index in [0.717, 1.165) is 47.9 Å². The summed E-state index contributed by atoms with van der Waals surface area (Å²) in [4.78, 5) is 26.1. The molecule has 32 heavy (non-hydrogen) atoms. The fourth-order valence-electron chi connectivity index (χ4n) is 3.29. The summed E-state index contributed by atoms with van der Waals surface area (Å²) in [5.74, 6) is -1.91. The number of hydrogen-bond acceptors (Lipinski definition) is 8. The first kappa shape index (κ1) is 22.4. The van der Waals surface area contributed by atoms with E-state index in [9.17, 15) is 18.0 Å². The Hall–Kier alpha value is -2.83. The third-order valence-corrected chi connectivity index (χ3v) is 6.01. The van der Waals surface area contributed by atoms with Gasteiger partial charge < -0.3 is 15.2 Å². The highest BCUT2D eigenvalue weighted by molar-refractivity contribution is 7.18. The van der Waals surface area contributed by atoms with Crippen LogP contribution in [0.2, 0.25) is 0 Å². The number of aromatic nitrogens is 3. The molecule has 170 valence electrons. The lowest BCUT2D eigenvalue weighted by Gasteiger charge is -2.26. The van der Waals surface area contributed by atoms with Crippen LogP contribution in [0.25, 0.3) is 10.2 Å². The Morgan fingerprint density at radius 2 is 2.03 bits per heavy atom. The second kappa shape index (κ2) is 9.35. The van der Waals surface area contributed by atoms with Crippen molar-refractivity contribution in [2.45, 2.75) is 12.1 Å². The monoisotopic (exact) mass is 467 g/mol. The molecule has 1 fully saturated rings. The molecule has 1 aliphatic heterocycles. The Labute approximate surface area is 185 Å². The zero-order valence-electron chi connectivity index (χ0n) is 16.8. The van der Waals surface area contributed by atoms with Crippen LogP contribution in [0.15, 0.2) is 30.5 Å². The highest BCUT2D eigenvalue weighted by Gasteiger charge is 2.35. The number of hydrogen-bond donors (Lipinski definition) is 1. The van der Waals surface area contributed by atoms with Gasteiger partial charge in [-0.1, -0.05) is 0 Å². The van der Waals surface area contributed by atoms with E-state index >= 15 is 0 Å². The lowest BCUT2D eigenvalue weighted by molar-refractivity contribution is -0.141. The molecule has 3 heterocycles. The van der Waals surface area contributed by atoms with Gasteiger partial charge in [0.25, 0.3) is 0 Å². The van der Waals surface area contributed by atoms with Crippen molar-refractivity contribution in [2.24, 2.45) is 5.73 Å². The van der Waals surface area contributed by atoms with Crippen molar-refractivity contribution in [1.82, 2.24) is 19.9 Å². The quantitative estimate of drug-likeness (QED) is 0.569. The number of carbonyl (C=O) groups is 1. The largest absolute Gasteiger partial charge is 0.492 e.